The Kier molecular flexibility index (Phi) is 3.69. The Balaban J connectivity index is 1.45. The number of benzene rings is 1. The van der Waals surface area contributed by atoms with Crippen molar-refractivity contribution in [3.05, 3.63) is 53.4 Å². The molecule has 3 heterocycles. The van der Waals surface area contributed by atoms with E-state index < -0.39 is 0 Å². The summed E-state index contributed by atoms with van der Waals surface area (Å²) in [5.41, 5.74) is 3.31. The van der Waals surface area contributed by atoms with Gasteiger partial charge in [-0.2, -0.15) is 5.10 Å². The van der Waals surface area contributed by atoms with Gasteiger partial charge in [-0.15, -0.1) is 0 Å². The minimum atomic E-state index is -0.134. The van der Waals surface area contributed by atoms with Gasteiger partial charge in [0, 0.05) is 30.8 Å². The first-order chi connectivity index (χ1) is 11.2. The first-order valence-corrected chi connectivity index (χ1v) is 8.43. The third kappa shape index (κ3) is 3.04. The van der Waals surface area contributed by atoms with Gasteiger partial charge in [-0.05, 0) is 44.5 Å². The Bertz CT molecular complexity index is 721. The maximum atomic E-state index is 6.41. The molecule has 0 aliphatic carbocycles. The molecular formula is C19H23N3O. The smallest absolute Gasteiger partial charge is 0.129 e. The SMILES string of the molecule is Cc1cc(CN2CCC[C@]3(C=Cc4ccccc4O3)CC2)n[nH]1. The zero-order chi connectivity index (χ0) is 15.7. The molecule has 120 valence electrons. The molecule has 1 saturated heterocycles. The molecule has 4 rings (SSSR count). The van der Waals surface area contributed by atoms with Crippen LogP contribution in [-0.2, 0) is 6.54 Å². The van der Waals surface area contributed by atoms with E-state index >= 15 is 0 Å². The van der Waals surface area contributed by atoms with Crippen LogP contribution in [0.15, 0.2) is 36.4 Å². The summed E-state index contributed by atoms with van der Waals surface area (Å²) in [6.07, 6.45) is 7.76. The highest BCUT2D eigenvalue weighted by Crippen LogP contribution is 2.37. The van der Waals surface area contributed by atoms with Crippen molar-refractivity contribution in [1.82, 2.24) is 15.1 Å². The fourth-order valence-corrected chi connectivity index (χ4v) is 3.60. The fourth-order valence-electron chi connectivity index (χ4n) is 3.60. The summed E-state index contributed by atoms with van der Waals surface area (Å²) >= 11 is 0. The Morgan fingerprint density at radius 1 is 1.26 bits per heavy atom. The van der Waals surface area contributed by atoms with Crippen molar-refractivity contribution in [2.45, 2.75) is 38.3 Å². The Morgan fingerprint density at radius 3 is 3.04 bits per heavy atom. The van der Waals surface area contributed by atoms with Crippen molar-refractivity contribution in [2.24, 2.45) is 0 Å². The van der Waals surface area contributed by atoms with Crippen LogP contribution in [0.5, 0.6) is 5.75 Å². The van der Waals surface area contributed by atoms with Crippen LogP contribution in [0.2, 0.25) is 0 Å². The minimum absolute atomic E-state index is 0.134. The van der Waals surface area contributed by atoms with Gasteiger partial charge in [0.15, 0.2) is 0 Å². The molecule has 2 aliphatic rings. The summed E-state index contributed by atoms with van der Waals surface area (Å²) in [4.78, 5) is 2.49. The van der Waals surface area contributed by atoms with Crippen molar-refractivity contribution < 1.29 is 4.74 Å². The molecule has 1 N–H and O–H groups in total. The van der Waals surface area contributed by atoms with Gasteiger partial charge >= 0.3 is 0 Å². The lowest BCUT2D eigenvalue weighted by molar-refractivity contribution is 0.0990. The Hall–Kier alpha value is -2.07. The molecule has 1 fully saturated rings. The number of likely N-dealkylation sites (tertiary alicyclic amines) is 1. The molecule has 0 bridgehead atoms. The lowest BCUT2D eigenvalue weighted by Crippen LogP contribution is -2.36. The molecule has 2 aliphatic heterocycles. The molecule has 1 spiro atoms. The number of hydrogen-bond donors (Lipinski definition) is 1. The second kappa shape index (κ2) is 5.85. The van der Waals surface area contributed by atoms with Gasteiger partial charge in [0.05, 0.1) is 5.69 Å². The van der Waals surface area contributed by atoms with Gasteiger partial charge in [0.25, 0.3) is 0 Å². The Labute approximate surface area is 137 Å². The van der Waals surface area contributed by atoms with Crippen LogP contribution in [0.3, 0.4) is 0 Å². The molecule has 1 aromatic heterocycles. The standard InChI is InChI=1S/C19H23N3O/c1-15-13-17(21-20-15)14-22-11-4-8-19(10-12-22)9-7-16-5-2-3-6-18(16)23-19/h2-3,5-7,9,13H,4,8,10-12,14H2,1H3,(H,20,21)/t19-/m0/s1. The number of hydrogen-bond acceptors (Lipinski definition) is 3. The van der Waals surface area contributed by atoms with E-state index in [4.69, 9.17) is 4.74 Å². The summed E-state index contributed by atoms with van der Waals surface area (Å²) in [6, 6.07) is 10.4. The molecule has 0 amide bonds. The minimum Gasteiger partial charge on any atom is -0.483 e. The maximum absolute atomic E-state index is 6.41. The largest absolute Gasteiger partial charge is 0.483 e. The summed E-state index contributed by atoms with van der Waals surface area (Å²) < 4.78 is 6.41. The van der Waals surface area contributed by atoms with Crippen molar-refractivity contribution >= 4 is 6.08 Å². The molecule has 1 atom stereocenters. The average molecular weight is 309 g/mol. The molecule has 0 unspecified atom stereocenters. The van der Waals surface area contributed by atoms with Crippen molar-refractivity contribution in [3.63, 3.8) is 0 Å². The van der Waals surface area contributed by atoms with Gasteiger partial charge in [0.2, 0.25) is 0 Å². The predicted octanol–water partition coefficient (Wildman–Crippen LogP) is 3.55. The highest BCUT2D eigenvalue weighted by atomic mass is 16.5. The number of nitrogens with one attached hydrogen (secondary N) is 1. The van der Waals surface area contributed by atoms with E-state index in [1.165, 1.54) is 5.56 Å². The van der Waals surface area contributed by atoms with E-state index in [1.807, 2.05) is 6.92 Å². The first kappa shape index (κ1) is 14.5. The van der Waals surface area contributed by atoms with Crippen LogP contribution >= 0.6 is 0 Å². The number of aromatic amines is 1. The molecule has 4 nitrogen and oxygen atoms in total. The van der Waals surface area contributed by atoms with E-state index in [-0.39, 0.29) is 5.60 Å². The van der Waals surface area contributed by atoms with Gasteiger partial charge in [-0.3, -0.25) is 10.00 Å². The molecule has 0 radical (unpaired) electrons. The number of aryl methyl sites for hydroxylation is 1. The number of rotatable bonds is 2. The number of H-pyrrole nitrogens is 1. The van der Waals surface area contributed by atoms with Crippen LogP contribution in [-0.4, -0.2) is 33.8 Å². The maximum Gasteiger partial charge on any atom is 0.129 e. The van der Waals surface area contributed by atoms with Crippen LogP contribution in [0.1, 0.15) is 36.2 Å². The zero-order valence-electron chi connectivity index (χ0n) is 13.6. The molecule has 23 heavy (non-hydrogen) atoms. The van der Waals surface area contributed by atoms with Crippen LogP contribution < -0.4 is 4.74 Å². The van der Waals surface area contributed by atoms with E-state index in [1.54, 1.807) is 0 Å². The van der Waals surface area contributed by atoms with E-state index in [0.717, 1.165) is 56.0 Å². The van der Waals surface area contributed by atoms with Crippen LogP contribution in [0.25, 0.3) is 6.08 Å². The second-order valence-corrected chi connectivity index (χ2v) is 6.71. The summed E-state index contributed by atoms with van der Waals surface area (Å²) in [5.74, 6) is 1.02. The van der Waals surface area contributed by atoms with Crippen LogP contribution in [0.4, 0.5) is 0 Å². The third-order valence-electron chi connectivity index (χ3n) is 4.87. The quantitative estimate of drug-likeness (QED) is 0.922. The molecule has 2 aromatic rings. The molecule has 0 saturated carbocycles. The van der Waals surface area contributed by atoms with E-state index in [9.17, 15) is 0 Å². The number of nitrogens with zero attached hydrogens (tertiary/aromatic N) is 2. The second-order valence-electron chi connectivity index (χ2n) is 6.71. The summed E-state index contributed by atoms with van der Waals surface area (Å²) in [7, 11) is 0. The molecular weight excluding hydrogens is 286 g/mol. The zero-order valence-corrected chi connectivity index (χ0v) is 13.6. The molecule has 1 aromatic carbocycles. The topological polar surface area (TPSA) is 41.1 Å². The highest BCUT2D eigenvalue weighted by Gasteiger charge is 2.34. The van der Waals surface area contributed by atoms with Gasteiger partial charge in [-0.1, -0.05) is 24.3 Å². The fraction of sp³-hybridized carbons (Fsp3) is 0.421. The first-order valence-electron chi connectivity index (χ1n) is 8.43. The van der Waals surface area contributed by atoms with E-state index in [0.29, 0.717) is 0 Å². The number of ether oxygens (including phenoxy) is 1. The highest BCUT2D eigenvalue weighted by molar-refractivity contribution is 5.60. The average Bonchev–Trinajstić information content (AvgIpc) is 2.87. The van der Waals surface area contributed by atoms with Crippen molar-refractivity contribution in [2.75, 3.05) is 13.1 Å². The monoisotopic (exact) mass is 309 g/mol. The van der Waals surface area contributed by atoms with Crippen LogP contribution in [0, 0.1) is 6.92 Å². The van der Waals surface area contributed by atoms with Gasteiger partial charge in [0.1, 0.15) is 11.4 Å². The molecule has 4 heteroatoms. The van der Waals surface area contributed by atoms with E-state index in [2.05, 4.69) is 57.6 Å². The van der Waals surface area contributed by atoms with Gasteiger partial charge < -0.3 is 4.74 Å². The number of fused-ring (bicyclic) bond motifs is 1. The summed E-state index contributed by atoms with van der Waals surface area (Å²) in [5, 5.41) is 7.39. The number of para-hydroxylation sites is 1. The normalized spacial score (nSPS) is 24.2. The van der Waals surface area contributed by atoms with Crippen molar-refractivity contribution in [1.29, 1.82) is 0 Å². The van der Waals surface area contributed by atoms with Crippen molar-refractivity contribution in [3.8, 4) is 5.75 Å². The lowest BCUT2D eigenvalue weighted by Gasteiger charge is -2.34. The number of aromatic nitrogens is 2. The third-order valence-corrected chi connectivity index (χ3v) is 4.87. The predicted molar refractivity (Wildman–Crippen MR) is 91.3 cm³/mol. The summed E-state index contributed by atoms with van der Waals surface area (Å²) in [6.45, 7) is 5.11. The van der Waals surface area contributed by atoms with Gasteiger partial charge in [-0.25, -0.2) is 0 Å². The lowest BCUT2D eigenvalue weighted by atomic mass is 9.91. The Morgan fingerprint density at radius 2 is 2.17 bits per heavy atom.